The van der Waals surface area contributed by atoms with E-state index in [4.69, 9.17) is 0 Å². The van der Waals surface area contributed by atoms with Crippen LogP contribution in [0.2, 0.25) is 0 Å². The Labute approximate surface area is 130 Å². The second kappa shape index (κ2) is 6.43. The molecule has 116 valence electrons. The summed E-state index contributed by atoms with van der Waals surface area (Å²) in [6.45, 7) is 12.2. The first-order valence-corrected chi connectivity index (χ1v) is 7.06. The molecule has 6 heteroatoms. The molecule has 0 saturated heterocycles. The largest absolute Gasteiger partial charge is 0.330 e. The molecule has 0 fully saturated rings. The maximum atomic E-state index is 12.5. The number of nitrogens with zero attached hydrogens (tertiary/aromatic N) is 4. The monoisotopic (exact) mass is 299 g/mol. The predicted molar refractivity (Wildman–Crippen MR) is 86.6 cm³/mol. The Bertz CT molecular complexity index is 700. The van der Waals surface area contributed by atoms with E-state index in [2.05, 4.69) is 28.5 Å². The minimum Gasteiger partial charge on any atom is -0.330 e. The van der Waals surface area contributed by atoms with Gasteiger partial charge in [0.2, 0.25) is 0 Å². The van der Waals surface area contributed by atoms with Crippen LogP contribution >= 0.6 is 0 Å². The van der Waals surface area contributed by atoms with Crippen LogP contribution in [-0.2, 0) is 7.05 Å². The summed E-state index contributed by atoms with van der Waals surface area (Å²) in [5, 5.41) is 11.5. The second-order valence-corrected chi connectivity index (χ2v) is 5.12. The van der Waals surface area contributed by atoms with Gasteiger partial charge in [-0.1, -0.05) is 12.2 Å². The molecule has 2 aromatic heterocycles. The highest BCUT2D eigenvalue weighted by molar-refractivity contribution is 5.93. The number of carbonyl (C=O) groups excluding carboxylic acids is 1. The highest BCUT2D eigenvalue weighted by Crippen LogP contribution is 2.25. The van der Waals surface area contributed by atoms with Gasteiger partial charge in [-0.05, 0) is 19.9 Å². The fourth-order valence-corrected chi connectivity index (χ4v) is 2.43. The Morgan fingerprint density at radius 1 is 1.36 bits per heavy atom. The van der Waals surface area contributed by atoms with Crippen molar-refractivity contribution in [2.45, 2.75) is 13.8 Å². The van der Waals surface area contributed by atoms with E-state index >= 15 is 0 Å². The lowest BCUT2D eigenvalue weighted by molar-refractivity contribution is 0.0785. The lowest BCUT2D eigenvalue weighted by atomic mass is 10.1. The molecule has 1 amide bonds. The van der Waals surface area contributed by atoms with Crippen LogP contribution in [0.5, 0.6) is 0 Å². The van der Waals surface area contributed by atoms with Crippen molar-refractivity contribution < 1.29 is 4.79 Å². The smallest absolute Gasteiger partial charge is 0.272 e. The number of H-pyrrole nitrogens is 1. The molecule has 22 heavy (non-hydrogen) atoms. The van der Waals surface area contributed by atoms with E-state index in [0.29, 0.717) is 18.8 Å². The fourth-order valence-electron chi connectivity index (χ4n) is 2.43. The molecule has 2 heterocycles. The van der Waals surface area contributed by atoms with Gasteiger partial charge >= 0.3 is 0 Å². The van der Waals surface area contributed by atoms with Crippen LogP contribution < -0.4 is 0 Å². The van der Waals surface area contributed by atoms with E-state index in [1.54, 1.807) is 23.1 Å². The van der Waals surface area contributed by atoms with E-state index < -0.39 is 0 Å². The van der Waals surface area contributed by atoms with Crippen LogP contribution in [0.3, 0.4) is 0 Å². The summed E-state index contributed by atoms with van der Waals surface area (Å²) in [6.07, 6.45) is 3.38. The Balaban J connectivity index is 2.33. The Morgan fingerprint density at radius 3 is 2.50 bits per heavy atom. The van der Waals surface area contributed by atoms with Gasteiger partial charge in [0, 0.05) is 31.4 Å². The maximum Gasteiger partial charge on any atom is 0.272 e. The second-order valence-electron chi connectivity index (χ2n) is 5.12. The van der Waals surface area contributed by atoms with Crippen LogP contribution in [0.4, 0.5) is 0 Å². The first kappa shape index (κ1) is 15.8. The molecule has 1 N–H and O–H groups in total. The quantitative estimate of drug-likeness (QED) is 0.832. The fraction of sp³-hybridized carbons (Fsp3) is 0.312. The third-order valence-corrected chi connectivity index (χ3v) is 3.56. The van der Waals surface area contributed by atoms with Crippen molar-refractivity contribution in [3.63, 3.8) is 0 Å². The molecule has 0 saturated carbocycles. The average molecular weight is 299 g/mol. The molecular formula is C16H21N5O. The maximum absolute atomic E-state index is 12.5. The lowest BCUT2D eigenvalue weighted by Gasteiger charge is -2.17. The van der Waals surface area contributed by atoms with Gasteiger partial charge in [-0.2, -0.15) is 10.2 Å². The molecule has 0 bridgehead atoms. The minimum atomic E-state index is -0.127. The van der Waals surface area contributed by atoms with Crippen LogP contribution in [0.15, 0.2) is 31.4 Å². The first-order chi connectivity index (χ1) is 10.5. The van der Waals surface area contributed by atoms with Crippen molar-refractivity contribution in [3.05, 3.63) is 48.5 Å². The summed E-state index contributed by atoms with van der Waals surface area (Å²) in [6, 6.07) is 1.76. The van der Waals surface area contributed by atoms with Gasteiger partial charge in [0.1, 0.15) is 5.69 Å². The molecule has 2 rings (SSSR count). The molecule has 0 aromatic carbocycles. The normalized spacial score (nSPS) is 10.5. The van der Waals surface area contributed by atoms with E-state index in [1.165, 1.54) is 0 Å². The highest BCUT2D eigenvalue weighted by Gasteiger charge is 2.19. The molecule has 0 spiro atoms. The number of nitrogens with one attached hydrogen (secondary N) is 1. The number of aromatic nitrogens is 4. The van der Waals surface area contributed by atoms with Gasteiger partial charge in [-0.3, -0.25) is 14.6 Å². The Kier molecular flexibility index (Phi) is 4.60. The van der Waals surface area contributed by atoms with Gasteiger partial charge in [-0.15, -0.1) is 13.2 Å². The van der Waals surface area contributed by atoms with Crippen molar-refractivity contribution in [1.82, 2.24) is 24.9 Å². The van der Waals surface area contributed by atoms with E-state index in [1.807, 2.05) is 25.6 Å². The topological polar surface area (TPSA) is 66.8 Å². The van der Waals surface area contributed by atoms with Gasteiger partial charge in [0.25, 0.3) is 5.91 Å². The Morgan fingerprint density at radius 2 is 2.00 bits per heavy atom. The van der Waals surface area contributed by atoms with E-state index in [0.717, 1.165) is 22.6 Å². The number of amides is 1. The summed E-state index contributed by atoms with van der Waals surface area (Å²) in [4.78, 5) is 14.1. The molecule has 0 atom stereocenters. The van der Waals surface area contributed by atoms with Crippen molar-refractivity contribution in [3.8, 4) is 11.3 Å². The SMILES string of the molecule is C=CCN(CC=C)C(=O)c1cc(-c2c(C)nn(C)c2C)n[nH]1. The molecule has 0 radical (unpaired) electrons. The number of carbonyl (C=O) groups is 1. The van der Waals surface area contributed by atoms with E-state index in [9.17, 15) is 4.79 Å². The molecular weight excluding hydrogens is 278 g/mol. The summed E-state index contributed by atoms with van der Waals surface area (Å²) < 4.78 is 1.81. The predicted octanol–water partition coefficient (Wildman–Crippen LogP) is 2.24. The summed E-state index contributed by atoms with van der Waals surface area (Å²) in [5.74, 6) is -0.127. The van der Waals surface area contributed by atoms with Crippen LogP contribution in [0, 0.1) is 13.8 Å². The highest BCUT2D eigenvalue weighted by atomic mass is 16.2. The van der Waals surface area contributed by atoms with Crippen molar-refractivity contribution in [1.29, 1.82) is 0 Å². The number of hydrogen-bond acceptors (Lipinski definition) is 3. The van der Waals surface area contributed by atoms with Gasteiger partial charge in [-0.25, -0.2) is 0 Å². The average Bonchev–Trinajstić information content (AvgIpc) is 3.04. The van der Waals surface area contributed by atoms with Crippen molar-refractivity contribution >= 4 is 5.91 Å². The van der Waals surface area contributed by atoms with Gasteiger partial charge < -0.3 is 4.90 Å². The zero-order chi connectivity index (χ0) is 16.3. The number of hydrogen-bond donors (Lipinski definition) is 1. The van der Waals surface area contributed by atoms with Crippen molar-refractivity contribution in [2.24, 2.45) is 7.05 Å². The van der Waals surface area contributed by atoms with Crippen LogP contribution in [0.1, 0.15) is 21.9 Å². The lowest BCUT2D eigenvalue weighted by Crippen LogP contribution is -2.31. The zero-order valence-electron chi connectivity index (χ0n) is 13.3. The molecule has 0 aliphatic rings. The third-order valence-electron chi connectivity index (χ3n) is 3.56. The molecule has 2 aromatic rings. The first-order valence-electron chi connectivity index (χ1n) is 7.06. The number of rotatable bonds is 6. The van der Waals surface area contributed by atoms with Crippen LogP contribution in [0.25, 0.3) is 11.3 Å². The Hall–Kier alpha value is -2.63. The summed E-state index contributed by atoms with van der Waals surface area (Å²) in [5.41, 5.74) is 4.03. The van der Waals surface area contributed by atoms with Gasteiger partial charge in [0.05, 0.1) is 11.4 Å². The molecule has 0 aliphatic carbocycles. The zero-order valence-corrected chi connectivity index (χ0v) is 13.3. The summed E-state index contributed by atoms with van der Waals surface area (Å²) in [7, 11) is 1.89. The van der Waals surface area contributed by atoms with Gasteiger partial charge in [0.15, 0.2) is 0 Å². The molecule has 0 aliphatic heterocycles. The number of aromatic amines is 1. The molecule has 6 nitrogen and oxygen atoms in total. The van der Waals surface area contributed by atoms with Crippen molar-refractivity contribution in [2.75, 3.05) is 13.1 Å². The minimum absolute atomic E-state index is 0.127. The van der Waals surface area contributed by atoms with E-state index in [-0.39, 0.29) is 5.91 Å². The van der Waals surface area contributed by atoms with Crippen LogP contribution in [-0.4, -0.2) is 43.9 Å². The third kappa shape index (κ3) is 2.86. The molecule has 0 unspecified atom stereocenters. The number of aryl methyl sites for hydroxylation is 2. The standard InChI is InChI=1S/C16H21N5O/c1-6-8-21(9-7-2)16(22)14-10-13(17-18-14)15-11(3)19-20(5)12(15)4/h6-7,10H,1-2,8-9H2,3-5H3,(H,17,18). The summed E-state index contributed by atoms with van der Waals surface area (Å²) >= 11 is 0.